The van der Waals surface area contributed by atoms with Crippen LogP contribution in [0.1, 0.15) is 24.9 Å². The Balaban J connectivity index is 2.28. The fourth-order valence-electron chi connectivity index (χ4n) is 1.77. The monoisotopic (exact) mass is 165 g/mol. The highest BCUT2D eigenvalue weighted by atomic mass is 15.1. The van der Waals surface area contributed by atoms with Crippen LogP contribution in [0.15, 0.2) is 6.20 Å². The second-order valence-electron chi connectivity index (χ2n) is 3.65. The Kier molecular flexibility index (Phi) is 1.89. The van der Waals surface area contributed by atoms with E-state index in [1.54, 1.807) is 0 Å². The van der Waals surface area contributed by atoms with E-state index in [0.29, 0.717) is 6.54 Å². The summed E-state index contributed by atoms with van der Waals surface area (Å²) in [6, 6.07) is 0. The molecule has 0 saturated heterocycles. The van der Waals surface area contributed by atoms with Crippen molar-refractivity contribution in [3.63, 3.8) is 0 Å². The van der Waals surface area contributed by atoms with Gasteiger partial charge < -0.3 is 10.3 Å². The molecule has 2 heterocycles. The first-order chi connectivity index (χ1) is 5.79. The number of aryl methyl sites for hydroxylation is 1. The molecule has 0 amide bonds. The molecule has 0 fully saturated rings. The molecule has 2 N–H and O–H groups in total. The number of hydrogen-bond acceptors (Lipinski definition) is 2. The molecule has 0 spiro atoms. The minimum atomic E-state index is 0.564. The molecule has 1 aromatic heterocycles. The van der Waals surface area contributed by atoms with Crippen LogP contribution < -0.4 is 5.73 Å². The van der Waals surface area contributed by atoms with Crippen LogP contribution in [-0.4, -0.2) is 9.55 Å². The molecule has 0 saturated carbocycles. The molecule has 12 heavy (non-hydrogen) atoms. The molecular formula is C9H15N3. The average molecular weight is 165 g/mol. The second kappa shape index (κ2) is 2.90. The van der Waals surface area contributed by atoms with Crippen molar-refractivity contribution < 1.29 is 0 Å². The number of imidazole rings is 1. The Bertz CT molecular complexity index is 277. The van der Waals surface area contributed by atoms with Gasteiger partial charge in [0.1, 0.15) is 5.82 Å². The molecule has 1 aromatic rings. The van der Waals surface area contributed by atoms with Crippen molar-refractivity contribution in [1.29, 1.82) is 0 Å². The zero-order valence-corrected chi connectivity index (χ0v) is 7.45. The van der Waals surface area contributed by atoms with Crippen molar-refractivity contribution in [1.82, 2.24) is 9.55 Å². The molecule has 3 nitrogen and oxygen atoms in total. The smallest absolute Gasteiger partial charge is 0.109 e. The predicted molar refractivity (Wildman–Crippen MR) is 47.6 cm³/mol. The SMILES string of the molecule is CC1CCc2nc(CN)cn2C1. The molecule has 66 valence electrons. The number of fused-ring (bicyclic) bond motifs is 1. The Labute approximate surface area is 72.6 Å². The number of nitrogens with zero attached hydrogens (tertiary/aromatic N) is 2. The Morgan fingerprint density at radius 3 is 3.33 bits per heavy atom. The van der Waals surface area contributed by atoms with E-state index in [2.05, 4.69) is 22.7 Å². The third-order valence-corrected chi connectivity index (χ3v) is 2.49. The molecule has 1 aliphatic rings. The highest BCUT2D eigenvalue weighted by Crippen LogP contribution is 2.18. The maximum absolute atomic E-state index is 5.52. The van der Waals surface area contributed by atoms with Crippen molar-refractivity contribution in [2.24, 2.45) is 11.7 Å². The van der Waals surface area contributed by atoms with Gasteiger partial charge in [0, 0.05) is 25.7 Å². The van der Waals surface area contributed by atoms with Gasteiger partial charge >= 0.3 is 0 Å². The first-order valence-corrected chi connectivity index (χ1v) is 4.54. The summed E-state index contributed by atoms with van der Waals surface area (Å²) in [5.74, 6) is 2.01. The van der Waals surface area contributed by atoms with Gasteiger partial charge in [-0.3, -0.25) is 0 Å². The number of rotatable bonds is 1. The maximum atomic E-state index is 5.52. The van der Waals surface area contributed by atoms with E-state index in [0.717, 1.165) is 24.6 Å². The van der Waals surface area contributed by atoms with E-state index in [1.165, 1.54) is 12.2 Å². The molecule has 3 heteroatoms. The third-order valence-electron chi connectivity index (χ3n) is 2.49. The molecule has 1 atom stereocenters. The second-order valence-corrected chi connectivity index (χ2v) is 3.65. The van der Waals surface area contributed by atoms with E-state index in [4.69, 9.17) is 5.73 Å². The van der Waals surface area contributed by atoms with Crippen molar-refractivity contribution in [2.45, 2.75) is 32.9 Å². The standard InChI is InChI=1S/C9H15N3/c1-7-2-3-9-11-8(4-10)6-12(9)5-7/h6-7H,2-5,10H2,1H3. The van der Waals surface area contributed by atoms with Gasteiger partial charge in [-0.25, -0.2) is 4.98 Å². The summed E-state index contributed by atoms with van der Waals surface area (Å²) < 4.78 is 2.25. The van der Waals surface area contributed by atoms with Gasteiger partial charge in [0.2, 0.25) is 0 Å². The van der Waals surface area contributed by atoms with Crippen molar-refractivity contribution in [3.05, 3.63) is 17.7 Å². The molecule has 2 rings (SSSR count). The number of aromatic nitrogens is 2. The maximum Gasteiger partial charge on any atom is 0.109 e. The summed E-state index contributed by atoms with van der Waals surface area (Å²) in [5.41, 5.74) is 6.55. The summed E-state index contributed by atoms with van der Waals surface area (Å²) in [4.78, 5) is 4.44. The Hall–Kier alpha value is -0.830. The van der Waals surface area contributed by atoms with Crippen LogP contribution in [0.5, 0.6) is 0 Å². The molecule has 0 aliphatic carbocycles. The van der Waals surface area contributed by atoms with Crippen LogP contribution in [0.25, 0.3) is 0 Å². The molecule has 0 aromatic carbocycles. The van der Waals surface area contributed by atoms with Gasteiger partial charge in [-0.05, 0) is 12.3 Å². The minimum Gasteiger partial charge on any atom is -0.334 e. The molecule has 0 radical (unpaired) electrons. The normalized spacial score (nSPS) is 22.3. The van der Waals surface area contributed by atoms with Crippen LogP contribution in [0, 0.1) is 5.92 Å². The fraction of sp³-hybridized carbons (Fsp3) is 0.667. The van der Waals surface area contributed by atoms with Gasteiger partial charge in [-0.15, -0.1) is 0 Å². The van der Waals surface area contributed by atoms with E-state index in [-0.39, 0.29) is 0 Å². The average Bonchev–Trinajstić information content (AvgIpc) is 2.46. The summed E-state index contributed by atoms with van der Waals surface area (Å²) in [7, 11) is 0. The lowest BCUT2D eigenvalue weighted by molar-refractivity contribution is 0.394. The van der Waals surface area contributed by atoms with Gasteiger partial charge in [0.15, 0.2) is 0 Å². The van der Waals surface area contributed by atoms with Gasteiger partial charge in [0.05, 0.1) is 5.69 Å². The van der Waals surface area contributed by atoms with E-state index >= 15 is 0 Å². The molecule has 1 aliphatic heterocycles. The Morgan fingerprint density at radius 2 is 2.58 bits per heavy atom. The fourth-order valence-corrected chi connectivity index (χ4v) is 1.77. The minimum absolute atomic E-state index is 0.564. The molecular weight excluding hydrogens is 150 g/mol. The topological polar surface area (TPSA) is 43.8 Å². The third kappa shape index (κ3) is 1.25. The lowest BCUT2D eigenvalue weighted by atomic mass is 10.0. The van der Waals surface area contributed by atoms with Crippen molar-refractivity contribution in [2.75, 3.05) is 0 Å². The van der Waals surface area contributed by atoms with Crippen LogP contribution in [0.2, 0.25) is 0 Å². The molecule has 1 unspecified atom stereocenters. The highest BCUT2D eigenvalue weighted by molar-refractivity contribution is 5.06. The summed E-state index contributed by atoms with van der Waals surface area (Å²) >= 11 is 0. The van der Waals surface area contributed by atoms with Crippen LogP contribution in [-0.2, 0) is 19.5 Å². The van der Waals surface area contributed by atoms with Gasteiger partial charge in [-0.2, -0.15) is 0 Å². The van der Waals surface area contributed by atoms with Crippen molar-refractivity contribution >= 4 is 0 Å². The van der Waals surface area contributed by atoms with E-state index in [1.807, 2.05) is 0 Å². The lowest BCUT2D eigenvalue weighted by Gasteiger charge is -2.19. The summed E-state index contributed by atoms with van der Waals surface area (Å²) in [6.45, 7) is 3.96. The summed E-state index contributed by atoms with van der Waals surface area (Å²) in [6.07, 6.45) is 4.47. The highest BCUT2D eigenvalue weighted by Gasteiger charge is 2.16. The lowest BCUT2D eigenvalue weighted by Crippen LogP contribution is -2.17. The van der Waals surface area contributed by atoms with Crippen molar-refractivity contribution in [3.8, 4) is 0 Å². The summed E-state index contributed by atoms with van der Waals surface area (Å²) in [5, 5.41) is 0. The van der Waals surface area contributed by atoms with Crippen LogP contribution >= 0.6 is 0 Å². The van der Waals surface area contributed by atoms with Gasteiger partial charge in [0.25, 0.3) is 0 Å². The largest absolute Gasteiger partial charge is 0.334 e. The van der Waals surface area contributed by atoms with E-state index in [9.17, 15) is 0 Å². The zero-order chi connectivity index (χ0) is 8.55. The van der Waals surface area contributed by atoms with E-state index < -0.39 is 0 Å². The number of nitrogens with two attached hydrogens (primary N) is 1. The molecule has 0 bridgehead atoms. The quantitative estimate of drug-likeness (QED) is 0.672. The number of hydrogen-bond donors (Lipinski definition) is 1. The first-order valence-electron chi connectivity index (χ1n) is 4.54. The predicted octanol–water partition coefficient (Wildman–Crippen LogP) is 0.924. The van der Waals surface area contributed by atoms with Crippen LogP contribution in [0.4, 0.5) is 0 Å². The zero-order valence-electron chi connectivity index (χ0n) is 7.45. The first kappa shape index (κ1) is 7.80. The van der Waals surface area contributed by atoms with Gasteiger partial charge in [-0.1, -0.05) is 6.92 Å². The van der Waals surface area contributed by atoms with Crippen LogP contribution in [0.3, 0.4) is 0 Å². The Morgan fingerprint density at radius 1 is 1.75 bits per heavy atom.